The fourth-order valence-corrected chi connectivity index (χ4v) is 3.91. The standard InChI is InChI=1S/C20H34O5/c1-13-6-5-10-20(4,24)17-12-15(14(2)18(22)25-17)9-11-19(3,23)16(21)8-7-13/h6,14-17,21,23-24H,5,7-12H2,1-4H3/t14-,15+,16-,17-,19+,20-/m1/s1. The summed E-state index contributed by atoms with van der Waals surface area (Å²) in [7, 11) is 0. The number of fused-ring (bicyclic) bond motifs is 2. The van der Waals surface area contributed by atoms with E-state index in [1.54, 1.807) is 13.8 Å². The molecule has 2 bridgehead atoms. The maximum Gasteiger partial charge on any atom is 0.309 e. The number of rotatable bonds is 0. The molecule has 1 aliphatic carbocycles. The molecule has 3 N–H and O–H groups in total. The topological polar surface area (TPSA) is 87.0 Å². The van der Waals surface area contributed by atoms with Crippen LogP contribution in [0.1, 0.15) is 72.6 Å². The Morgan fingerprint density at radius 1 is 1.16 bits per heavy atom. The Bertz CT molecular complexity index is 508. The highest BCUT2D eigenvalue weighted by Gasteiger charge is 2.44. The quantitative estimate of drug-likeness (QED) is 0.460. The molecule has 1 fully saturated rings. The first-order valence-electron chi connectivity index (χ1n) is 9.52. The molecule has 0 aromatic heterocycles. The van der Waals surface area contributed by atoms with Crippen LogP contribution in [0.4, 0.5) is 0 Å². The molecule has 5 heteroatoms. The molecule has 0 aromatic carbocycles. The zero-order valence-electron chi connectivity index (χ0n) is 16.0. The van der Waals surface area contributed by atoms with E-state index in [4.69, 9.17) is 4.74 Å². The lowest BCUT2D eigenvalue weighted by molar-refractivity contribution is -0.185. The number of esters is 1. The zero-order valence-corrected chi connectivity index (χ0v) is 16.0. The van der Waals surface area contributed by atoms with Crippen molar-refractivity contribution in [1.29, 1.82) is 0 Å². The molecule has 0 aromatic rings. The molecule has 0 saturated carbocycles. The van der Waals surface area contributed by atoms with Gasteiger partial charge in [-0.2, -0.15) is 0 Å². The summed E-state index contributed by atoms with van der Waals surface area (Å²) in [6.45, 7) is 7.26. The SMILES string of the molecule is CC1=CCC[C@@](C)(O)[C@H]2C[C@H](CC[C@](C)(O)[C@H](O)CC1)[C@@H](C)C(=O)O2. The third-order valence-electron chi connectivity index (χ3n) is 6.24. The third-order valence-corrected chi connectivity index (χ3v) is 6.24. The number of aliphatic hydroxyl groups is 3. The second kappa shape index (κ2) is 7.77. The Kier molecular flexibility index (Phi) is 6.34. The highest BCUT2D eigenvalue weighted by Crippen LogP contribution is 2.38. The van der Waals surface area contributed by atoms with Crippen LogP contribution in [0.25, 0.3) is 0 Å². The number of ether oxygens (including phenoxy) is 1. The summed E-state index contributed by atoms with van der Waals surface area (Å²) in [6.07, 6.45) is 4.85. The van der Waals surface area contributed by atoms with Crippen molar-refractivity contribution in [2.75, 3.05) is 0 Å². The predicted octanol–water partition coefficient (Wildman–Crippen LogP) is 2.72. The van der Waals surface area contributed by atoms with E-state index < -0.39 is 23.4 Å². The van der Waals surface area contributed by atoms with E-state index in [1.807, 2.05) is 13.8 Å². The number of aliphatic hydroxyl groups excluding tert-OH is 1. The van der Waals surface area contributed by atoms with Gasteiger partial charge in [-0.1, -0.05) is 18.6 Å². The average Bonchev–Trinajstić information content (AvgIpc) is 2.52. The molecule has 144 valence electrons. The zero-order chi connectivity index (χ0) is 18.8. The highest BCUT2D eigenvalue weighted by atomic mass is 16.6. The fourth-order valence-electron chi connectivity index (χ4n) is 3.91. The van der Waals surface area contributed by atoms with E-state index in [0.717, 1.165) is 12.0 Å². The van der Waals surface area contributed by atoms with Gasteiger partial charge in [0.2, 0.25) is 0 Å². The first-order valence-corrected chi connectivity index (χ1v) is 9.52. The van der Waals surface area contributed by atoms with Gasteiger partial charge in [-0.25, -0.2) is 0 Å². The Balaban J connectivity index is 2.24. The van der Waals surface area contributed by atoms with E-state index in [9.17, 15) is 20.1 Å². The van der Waals surface area contributed by atoms with Crippen molar-refractivity contribution in [2.45, 2.75) is 96.1 Å². The van der Waals surface area contributed by atoms with E-state index in [-0.39, 0.29) is 17.8 Å². The molecule has 1 aliphatic heterocycles. The predicted molar refractivity (Wildman–Crippen MR) is 95.9 cm³/mol. The van der Waals surface area contributed by atoms with Gasteiger partial charge in [0.25, 0.3) is 0 Å². The van der Waals surface area contributed by atoms with Crippen molar-refractivity contribution >= 4 is 5.97 Å². The van der Waals surface area contributed by atoms with Crippen molar-refractivity contribution in [3.05, 3.63) is 11.6 Å². The number of hydrogen-bond acceptors (Lipinski definition) is 5. The van der Waals surface area contributed by atoms with Crippen LogP contribution in [-0.4, -0.2) is 44.7 Å². The van der Waals surface area contributed by atoms with Crippen LogP contribution in [0, 0.1) is 11.8 Å². The maximum atomic E-state index is 12.3. The van der Waals surface area contributed by atoms with Gasteiger partial charge in [0.15, 0.2) is 0 Å². The van der Waals surface area contributed by atoms with E-state index in [0.29, 0.717) is 38.5 Å². The van der Waals surface area contributed by atoms with Crippen molar-refractivity contribution < 1.29 is 24.9 Å². The van der Waals surface area contributed by atoms with Gasteiger partial charge in [0, 0.05) is 0 Å². The molecule has 2 rings (SSSR count). The summed E-state index contributed by atoms with van der Waals surface area (Å²) in [6, 6.07) is 0. The van der Waals surface area contributed by atoms with E-state index >= 15 is 0 Å². The molecule has 1 heterocycles. The van der Waals surface area contributed by atoms with Gasteiger partial charge < -0.3 is 20.1 Å². The molecule has 25 heavy (non-hydrogen) atoms. The molecule has 5 nitrogen and oxygen atoms in total. The molecular weight excluding hydrogens is 320 g/mol. The van der Waals surface area contributed by atoms with Crippen molar-refractivity contribution in [3.8, 4) is 0 Å². The van der Waals surface area contributed by atoms with Gasteiger partial charge in [-0.15, -0.1) is 0 Å². The Morgan fingerprint density at radius 2 is 1.84 bits per heavy atom. The first kappa shape index (κ1) is 20.4. The van der Waals surface area contributed by atoms with Gasteiger partial charge in [0.05, 0.1) is 23.2 Å². The summed E-state index contributed by atoms with van der Waals surface area (Å²) in [5, 5.41) is 31.9. The lowest BCUT2D eigenvalue weighted by Crippen LogP contribution is -2.49. The molecule has 0 radical (unpaired) electrons. The molecule has 2 aliphatic rings. The number of carbonyl (C=O) groups is 1. The number of carbonyl (C=O) groups excluding carboxylic acids is 1. The van der Waals surface area contributed by atoms with Gasteiger partial charge in [-0.05, 0) is 71.6 Å². The first-order chi connectivity index (χ1) is 11.5. The van der Waals surface area contributed by atoms with Gasteiger partial charge >= 0.3 is 5.97 Å². The smallest absolute Gasteiger partial charge is 0.309 e. The molecule has 1 saturated heterocycles. The summed E-state index contributed by atoms with van der Waals surface area (Å²) in [5.74, 6) is -0.493. The van der Waals surface area contributed by atoms with Crippen molar-refractivity contribution in [2.24, 2.45) is 11.8 Å². The number of allylic oxidation sites excluding steroid dienone is 2. The largest absolute Gasteiger partial charge is 0.459 e. The van der Waals surface area contributed by atoms with E-state index in [1.165, 1.54) is 0 Å². The Morgan fingerprint density at radius 3 is 2.52 bits per heavy atom. The van der Waals surface area contributed by atoms with Gasteiger partial charge in [0.1, 0.15) is 6.10 Å². The summed E-state index contributed by atoms with van der Waals surface area (Å²) >= 11 is 0. The monoisotopic (exact) mass is 354 g/mol. The Hall–Kier alpha value is -0.910. The second-order valence-electron chi connectivity index (χ2n) is 8.61. The molecule has 0 amide bonds. The summed E-state index contributed by atoms with van der Waals surface area (Å²) < 4.78 is 5.52. The summed E-state index contributed by atoms with van der Waals surface area (Å²) in [5.41, 5.74) is -1.10. The van der Waals surface area contributed by atoms with E-state index in [2.05, 4.69) is 6.08 Å². The minimum Gasteiger partial charge on any atom is -0.459 e. The van der Waals surface area contributed by atoms with Crippen LogP contribution >= 0.6 is 0 Å². The fraction of sp³-hybridized carbons (Fsp3) is 0.850. The minimum atomic E-state index is -1.18. The molecule has 6 atom stereocenters. The number of hydrogen-bond donors (Lipinski definition) is 3. The highest BCUT2D eigenvalue weighted by molar-refractivity contribution is 5.73. The summed E-state index contributed by atoms with van der Waals surface area (Å²) in [4.78, 5) is 12.3. The maximum absolute atomic E-state index is 12.3. The van der Waals surface area contributed by atoms with Crippen molar-refractivity contribution in [1.82, 2.24) is 0 Å². The Labute approximate surface area is 151 Å². The molecule has 0 unspecified atom stereocenters. The normalized spacial score (nSPS) is 44.4. The van der Waals surface area contributed by atoms with Crippen LogP contribution in [0.2, 0.25) is 0 Å². The van der Waals surface area contributed by atoms with Crippen LogP contribution in [0.15, 0.2) is 11.6 Å². The molecule has 0 spiro atoms. The average molecular weight is 354 g/mol. The van der Waals surface area contributed by atoms with Crippen LogP contribution < -0.4 is 0 Å². The van der Waals surface area contributed by atoms with Crippen LogP contribution in [-0.2, 0) is 9.53 Å². The third kappa shape index (κ3) is 5.05. The lowest BCUT2D eigenvalue weighted by atomic mass is 9.75. The lowest BCUT2D eigenvalue weighted by Gasteiger charge is -2.41. The second-order valence-corrected chi connectivity index (χ2v) is 8.61. The van der Waals surface area contributed by atoms with Crippen molar-refractivity contribution in [3.63, 3.8) is 0 Å². The molecular formula is C20H34O5. The minimum absolute atomic E-state index is 0.0385. The van der Waals surface area contributed by atoms with Crippen LogP contribution in [0.5, 0.6) is 0 Å². The van der Waals surface area contributed by atoms with Gasteiger partial charge in [-0.3, -0.25) is 4.79 Å². The van der Waals surface area contributed by atoms with Crippen LogP contribution in [0.3, 0.4) is 0 Å².